The van der Waals surface area contributed by atoms with Crippen LogP contribution in [0.2, 0.25) is 0 Å². The third-order valence-electron chi connectivity index (χ3n) is 3.53. The van der Waals surface area contributed by atoms with Crippen LogP contribution < -0.4 is 5.32 Å². The minimum absolute atomic E-state index is 0.0265. The number of nitrogens with one attached hydrogen (secondary N) is 1. The Morgan fingerprint density at radius 2 is 1.81 bits per heavy atom. The minimum atomic E-state index is -0.302. The van der Waals surface area contributed by atoms with E-state index in [0.717, 1.165) is 19.4 Å². The molecule has 0 aliphatic heterocycles. The quantitative estimate of drug-likeness (QED) is 0.595. The summed E-state index contributed by atoms with van der Waals surface area (Å²) >= 11 is 0. The van der Waals surface area contributed by atoms with E-state index in [9.17, 15) is 9.59 Å². The van der Waals surface area contributed by atoms with Gasteiger partial charge in [-0.05, 0) is 18.8 Å². The first-order valence-corrected chi connectivity index (χ1v) is 8.15. The Morgan fingerprint density at radius 3 is 2.38 bits per heavy atom. The van der Waals surface area contributed by atoms with Gasteiger partial charge in [-0.25, -0.2) is 0 Å². The number of hydrogen-bond donors (Lipinski definition) is 1. The molecule has 1 amide bonds. The first-order chi connectivity index (χ1) is 9.77. The van der Waals surface area contributed by atoms with Crippen LogP contribution in [0.25, 0.3) is 0 Å². The topological polar surface area (TPSA) is 55.4 Å². The van der Waals surface area contributed by atoms with Gasteiger partial charge in [-0.2, -0.15) is 0 Å². The van der Waals surface area contributed by atoms with Crippen molar-refractivity contribution < 1.29 is 14.3 Å². The molecular formula is C17H33NO3. The van der Waals surface area contributed by atoms with E-state index in [1.54, 1.807) is 0 Å². The molecule has 0 fully saturated rings. The monoisotopic (exact) mass is 299 g/mol. The van der Waals surface area contributed by atoms with E-state index in [-0.39, 0.29) is 17.1 Å². The molecule has 1 N–H and O–H groups in total. The summed E-state index contributed by atoms with van der Waals surface area (Å²) in [6.45, 7) is 12.2. The second-order valence-electron chi connectivity index (χ2n) is 6.82. The van der Waals surface area contributed by atoms with Crippen molar-refractivity contribution in [3.8, 4) is 0 Å². The molecule has 0 spiro atoms. The zero-order valence-electron chi connectivity index (χ0n) is 14.5. The molecule has 1 atom stereocenters. The Labute approximate surface area is 130 Å². The Kier molecular flexibility index (Phi) is 10.3. The number of Topliss-reactive ketones (excluding diaryl/α,β-unsaturated/α-hetero) is 1. The van der Waals surface area contributed by atoms with Gasteiger partial charge in [0.1, 0.15) is 5.78 Å². The number of amides is 1. The predicted molar refractivity (Wildman–Crippen MR) is 86.2 cm³/mol. The highest BCUT2D eigenvalue weighted by molar-refractivity contribution is 5.84. The van der Waals surface area contributed by atoms with Gasteiger partial charge in [0.25, 0.3) is 0 Å². The van der Waals surface area contributed by atoms with Crippen LogP contribution >= 0.6 is 0 Å². The standard InChI is InChI=1S/C17H33NO3/c1-6-14(2)13-21-12-8-11-18-16(20)10-7-9-15(19)17(3,4)5/h14H,6-13H2,1-5H3,(H,18,20). The normalized spacial score (nSPS) is 13.0. The second-order valence-corrected chi connectivity index (χ2v) is 6.82. The number of hydrogen-bond acceptors (Lipinski definition) is 3. The van der Waals surface area contributed by atoms with Gasteiger partial charge in [0, 0.05) is 38.0 Å². The number of carbonyl (C=O) groups is 2. The van der Waals surface area contributed by atoms with Crippen molar-refractivity contribution in [1.29, 1.82) is 0 Å². The third-order valence-corrected chi connectivity index (χ3v) is 3.53. The van der Waals surface area contributed by atoms with Gasteiger partial charge in [-0.3, -0.25) is 9.59 Å². The molecule has 0 saturated carbocycles. The molecule has 0 aromatic heterocycles. The summed E-state index contributed by atoms with van der Waals surface area (Å²) in [5, 5.41) is 2.87. The molecular weight excluding hydrogens is 266 g/mol. The van der Waals surface area contributed by atoms with Crippen LogP contribution in [-0.4, -0.2) is 31.4 Å². The highest BCUT2D eigenvalue weighted by atomic mass is 16.5. The Hall–Kier alpha value is -0.900. The van der Waals surface area contributed by atoms with Gasteiger partial charge in [0.15, 0.2) is 0 Å². The maximum atomic E-state index is 11.7. The van der Waals surface area contributed by atoms with Crippen LogP contribution in [-0.2, 0) is 14.3 Å². The Balaban J connectivity index is 3.49. The van der Waals surface area contributed by atoms with Gasteiger partial charge in [0.2, 0.25) is 5.91 Å². The van der Waals surface area contributed by atoms with E-state index in [4.69, 9.17) is 4.74 Å². The van der Waals surface area contributed by atoms with Gasteiger partial charge < -0.3 is 10.1 Å². The number of ketones is 1. The lowest BCUT2D eigenvalue weighted by molar-refractivity contribution is -0.126. The van der Waals surface area contributed by atoms with Crippen LogP contribution in [0.5, 0.6) is 0 Å². The lowest BCUT2D eigenvalue weighted by atomic mass is 9.88. The summed E-state index contributed by atoms with van der Waals surface area (Å²) in [6.07, 6.45) is 3.50. The smallest absolute Gasteiger partial charge is 0.220 e. The van der Waals surface area contributed by atoms with Crippen molar-refractivity contribution in [3.63, 3.8) is 0 Å². The third kappa shape index (κ3) is 11.4. The Morgan fingerprint density at radius 1 is 1.14 bits per heavy atom. The summed E-state index contributed by atoms with van der Waals surface area (Å²) in [5.41, 5.74) is -0.302. The number of carbonyl (C=O) groups excluding carboxylic acids is 2. The van der Waals surface area contributed by atoms with Gasteiger partial charge in [-0.1, -0.05) is 41.0 Å². The molecule has 0 aromatic carbocycles. The van der Waals surface area contributed by atoms with E-state index in [0.29, 0.717) is 38.3 Å². The van der Waals surface area contributed by atoms with Crippen LogP contribution in [0, 0.1) is 11.3 Å². The summed E-state index contributed by atoms with van der Waals surface area (Å²) < 4.78 is 5.52. The number of rotatable bonds is 11. The van der Waals surface area contributed by atoms with E-state index < -0.39 is 0 Å². The Bertz CT molecular complexity index is 308. The van der Waals surface area contributed by atoms with Crippen LogP contribution in [0.15, 0.2) is 0 Å². The summed E-state index contributed by atoms with van der Waals surface area (Å²) in [5.74, 6) is 0.840. The zero-order valence-corrected chi connectivity index (χ0v) is 14.5. The molecule has 4 nitrogen and oxygen atoms in total. The fourth-order valence-electron chi connectivity index (χ4n) is 1.68. The van der Waals surface area contributed by atoms with E-state index in [2.05, 4.69) is 19.2 Å². The average Bonchev–Trinajstić information content (AvgIpc) is 2.41. The summed E-state index contributed by atoms with van der Waals surface area (Å²) in [4.78, 5) is 23.3. The average molecular weight is 299 g/mol. The van der Waals surface area contributed by atoms with Gasteiger partial charge in [0.05, 0.1) is 0 Å². The van der Waals surface area contributed by atoms with Gasteiger partial charge >= 0.3 is 0 Å². The van der Waals surface area contributed by atoms with E-state index in [1.807, 2.05) is 20.8 Å². The molecule has 0 radical (unpaired) electrons. The lowest BCUT2D eigenvalue weighted by Gasteiger charge is -2.16. The van der Waals surface area contributed by atoms with Crippen LogP contribution in [0.3, 0.4) is 0 Å². The van der Waals surface area contributed by atoms with Crippen LogP contribution in [0.4, 0.5) is 0 Å². The van der Waals surface area contributed by atoms with E-state index in [1.165, 1.54) is 0 Å². The molecule has 0 bridgehead atoms. The van der Waals surface area contributed by atoms with Crippen molar-refractivity contribution in [3.05, 3.63) is 0 Å². The van der Waals surface area contributed by atoms with Crippen molar-refractivity contribution in [1.82, 2.24) is 5.32 Å². The van der Waals surface area contributed by atoms with Gasteiger partial charge in [-0.15, -0.1) is 0 Å². The summed E-state index contributed by atoms with van der Waals surface area (Å²) in [6, 6.07) is 0. The molecule has 0 heterocycles. The molecule has 0 aliphatic rings. The fourth-order valence-corrected chi connectivity index (χ4v) is 1.68. The molecule has 4 heteroatoms. The SMILES string of the molecule is CCC(C)COCCCNC(=O)CCCC(=O)C(C)(C)C. The van der Waals surface area contributed by atoms with Crippen molar-refractivity contribution in [2.45, 2.75) is 66.7 Å². The predicted octanol–water partition coefficient (Wildman–Crippen LogP) is 3.34. The maximum absolute atomic E-state index is 11.7. The molecule has 0 rings (SSSR count). The fraction of sp³-hybridized carbons (Fsp3) is 0.882. The highest BCUT2D eigenvalue weighted by Gasteiger charge is 2.20. The zero-order chi connectivity index (χ0) is 16.3. The maximum Gasteiger partial charge on any atom is 0.220 e. The van der Waals surface area contributed by atoms with Crippen LogP contribution in [0.1, 0.15) is 66.7 Å². The molecule has 124 valence electrons. The van der Waals surface area contributed by atoms with Crippen molar-refractivity contribution >= 4 is 11.7 Å². The van der Waals surface area contributed by atoms with Crippen molar-refractivity contribution in [2.24, 2.45) is 11.3 Å². The van der Waals surface area contributed by atoms with E-state index >= 15 is 0 Å². The second kappa shape index (κ2) is 10.8. The molecule has 1 unspecified atom stereocenters. The first kappa shape index (κ1) is 20.1. The molecule has 21 heavy (non-hydrogen) atoms. The highest BCUT2D eigenvalue weighted by Crippen LogP contribution is 2.18. The largest absolute Gasteiger partial charge is 0.381 e. The lowest BCUT2D eigenvalue weighted by Crippen LogP contribution is -2.26. The minimum Gasteiger partial charge on any atom is -0.381 e. The molecule has 0 aromatic rings. The molecule has 0 saturated heterocycles. The summed E-state index contributed by atoms with van der Waals surface area (Å²) in [7, 11) is 0. The first-order valence-electron chi connectivity index (χ1n) is 8.15. The number of ether oxygens (including phenoxy) is 1. The molecule has 0 aliphatic carbocycles. The van der Waals surface area contributed by atoms with Crippen molar-refractivity contribution in [2.75, 3.05) is 19.8 Å².